The zero-order chi connectivity index (χ0) is 19.1. The summed E-state index contributed by atoms with van der Waals surface area (Å²) in [5.74, 6) is 0.616. The molecule has 0 spiro atoms. The Hall–Kier alpha value is -2.40. The topological polar surface area (TPSA) is 38.8 Å². The van der Waals surface area contributed by atoms with E-state index >= 15 is 0 Å². The first-order valence-electron chi connectivity index (χ1n) is 9.06. The number of rotatable bonds is 4. The van der Waals surface area contributed by atoms with Gasteiger partial charge >= 0.3 is 6.09 Å². The Labute approximate surface area is 164 Å². The number of benzene rings is 2. The highest BCUT2D eigenvalue weighted by molar-refractivity contribution is 7.99. The number of anilines is 1. The predicted octanol–water partition coefficient (Wildman–Crippen LogP) is 5.44. The number of nitrogens with zero attached hydrogens (tertiary/aromatic N) is 1. The molecule has 2 aromatic carbocycles. The van der Waals surface area contributed by atoms with Crippen LogP contribution in [0.3, 0.4) is 0 Å². The molecule has 1 amide bonds. The molecular formula is C22H23NO3S. The molecule has 1 saturated heterocycles. The molecule has 2 aliphatic rings. The highest BCUT2D eigenvalue weighted by atomic mass is 32.2. The molecule has 4 rings (SSSR count). The molecule has 0 N–H and O–H groups in total. The van der Waals surface area contributed by atoms with Crippen molar-refractivity contribution in [1.82, 2.24) is 0 Å². The molecule has 0 radical (unpaired) electrons. The number of carbonyl (C=O) groups excluding carboxylic acids is 1. The molecule has 2 atom stereocenters. The van der Waals surface area contributed by atoms with Gasteiger partial charge in [-0.3, -0.25) is 0 Å². The van der Waals surface area contributed by atoms with Crippen LogP contribution in [0.25, 0.3) is 0 Å². The molecule has 0 saturated carbocycles. The summed E-state index contributed by atoms with van der Waals surface area (Å²) in [6.07, 6.45) is 3.87. The van der Waals surface area contributed by atoms with E-state index in [1.54, 1.807) is 22.9 Å². The van der Waals surface area contributed by atoms with Crippen LogP contribution in [-0.2, 0) is 9.47 Å². The number of thioether (sulfide) groups is 1. The van der Waals surface area contributed by atoms with Crippen LogP contribution in [0, 0.1) is 13.8 Å². The van der Waals surface area contributed by atoms with E-state index in [0.717, 1.165) is 16.1 Å². The molecular weight excluding hydrogens is 358 g/mol. The average molecular weight is 381 g/mol. The second kappa shape index (κ2) is 6.64. The monoisotopic (exact) mass is 381 g/mol. The Bertz CT molecular complexity index is 895. The highest BCUT2D eigenvalue weighted by Gasteiger charge is 2.65. The van der Waals surface area contributed by atoms with Crippen LogP contribution >= 0.6 is 11.8 Å². The second-order valence-corrected chi connectivity index (χ2v) is 8.36. The summed E-state index contributed by atoms with van der Waals surface area (Å²) >= 11 is 1.69. The van der Waals surface area contributed by atoms with Gasteiger partial charge in [-0.05, 0) is 51.1 Å². The lowest BCUT2D eigenvalue weighted by molar-refractivity contribution is -0.0971. The third-order valence-electron chi connectivity index (χ3n) is 5.33. The maximum atomic E-state index is 12.9. The molecule has 2 aromatic rings. The van der Waals surface area contributed by atoms with Crippen molar-refractivity contribution in [2.24, 2.45) is 0 Å². The summed E-state index contributed by atoms with van der Waals surface area (Å²) < 4.78 is 12.1. The molecule has 5 heteroatoms. The van der Waals surface area contributed by atoms with Crippen LogP contribution in [0.4, 0.5) is 10.5 Å². The van der Waals surface area contributed by atoms with Gasteiger partial charge in [0.25, 0.3) is 0 Å². The Morgan fingerprint density at radius 2 is 1.89 bits per heavy atom. The number of carbonyl (C=O) groups is 1. The number of fused-ring (bicyclic) bond motifs is 1. The van der Waals surface area contributed by atoms with Crippen LogP contribution in [-0.4, -0.2) is 23.2 Å². The van der Waals surface area contributed by atoms with Gasteiger partial charge in [-0.1, -0.05) is 35.4 Å². The van der Waals surface area contributed by atoms with E-state index in [4.69, 9.17) is 9.47 Å². The van der Waals surface area contributed by atoms with Gasteiger partial charge < -0.3 is 9.47 Å². The summed E-state index contributed by atoms with van der Waals surface area (Å²) in [5.41, 5.74) is 1.49. The first kappa shape index (κ1) is 18.0. The zero-order valence-corrected chi connectivity index (χ0v) is 16.6. The Balaban J connectivity index is 1.67. The van der Waals surface area contributed by atoms with Crippen molar-refractivity contribution < 1.29 is 14.3 Å². The van der Waals surface area contributed by atoms with Gasteiger partial charge in [0, 0.05) is 17.1 Å². The normalized spacial score (nSPS) is 26.5. The number of aryl methyl sites for hydroxylation is 2. The minimum Gasteiger partial charge on any atom is -0.471 e. The number of amides is 1. The van der Waals surface area contributed by atoms with E-state index in [2.05, 4.69) is 25.1 Å². The Kier molecular flexibility index (Phi) is 4.42. The lowest BCUT2D eigenvalue weighted by Crippen LogP contribution is -2.60. The molecule has 2 heterocycles. The third-order valence-corrected chi connectivity index (χ3v) is 6.53. The Morgan fingerprint density at radius 1 is 1.11 bits per heavy atom. The minimum absolute atomic E-state index is 0.366. The number of ether oxygens (including phenoxy) is 2. The number of hydrogen-bond acceptors (Lipinski definition) is 4. The van der Waals surface area contributed by atoms with Crippen molar-refractivity contribution >= 4 is 23.5 Å². The van der Waals surface area contributed by atoms with Crippen LogP contribution in [0.1, 0.15) is 24.5 Å². The van der Waals surface area contributed by atoms with Gasteiger partial charge in [0.2, 0.25) is 5.72 Å². The summed E-state index contributed by atoms with van der Waals surface area (Å²) in [4.78, 5) is 15.7. The summed E-state index contributed by atoms with van der Waals surface area (Å²) in [6, 6.07) is 16.2. The molecule has 0 bridgehead atoms. The van der Waals surface area contributed by atoms with Gasteiger partial charge in [-0.15, -0.1) is 11.8 Å². The van der Waals surface area contributed by atoms with Gasteiger partial charge in [-0.2, -0.15) is 0 Å². The average Bonchev–Trinajstić information content (AvgIpc) is 2.88. The van der Waals surface area contributed by atoms with E-state index in [-0.39, 0.29) is 6.09 Å². The molecule has 140 valence electrons. The summed E-state index contributed by atoms with van der Waals surface area (Å²) in [6.45, 7) is 6.04. The predicted molar refractivity (Wildman–Crippen MR) is 108 cm³/mol. The van der Waals surface area contributed by atoms with Gasteiger partial charge in [0.1, 0.15) is 0 Å². The number of hydrogen-bond donors (Lipinski definition) is 0. The largest absolute Gasteiger partial charge is 0.471 e. The lowest BCUT2D eigenvalue weighted by atomic mass is 9.87. The van der Waals surface area contributed by atoms with Gasteiger partial charge in [0.15, 0.2) is 5.60 Å². The van der Waals surface area contributed by atoms with E-state index in [1.807, 2.05) is 50.3 Å². The van der Waals surface area contributed by atoms with Crippen LogP contribution in [0.5, 0.6) is 0 Å². The van der Waals surface area contributed by atoms with Crippen molar-refractivity contribution in [1.29, 1.82) is 0 Å². The fraction of sp³-hybridized carbons (Fsp3) is 0.318. The molecule has 0 aliphatic carbocycles. The smallest absolute Gasteiger partial charge is 0.418 e. The summed E-state index contributed by atoms with van der Waals surface area (Å²) in [7, 11) is 0. The van der Waals surface area contributed by atoms with Crippen molar-refractivity contribution in [3.05, 3.63) is 72.0 Å². The first-order valence-corrected chi connectivity index (χ1v) is 10.0. The molecule has 27 heavy (non-hydrogen) atoms. The van der Waals surface area contributed by atoms with Gasteiger partial charge in [-0.25, -0.2) is 9.69 Å². The SMILES string of the molecule is Cc1ccc(N2C(=O)OC3(CSc4cccc(C)c4)CC=COC23C)cc1. The van der Waals surface area contributed by atoms with E-state index in [9.17, 15) is 4.79 Å². The van der Waals surface area contributed by atoms with Crippen LogP contribution < -0.4 is 4.90 Å². The first-order chi connectivity index (χ1) is 12.9. The highest BCUT2D eigenvalue weighted by Crippen LogP contribution is 2.49. The van der Waals surface area contributed by atoms with E-state index in [0.29, 0.717) is 12.2 Å². The maximum Gasteiger partial charge on any atom is 0.418 e. The minimum atomic E-state index is -0.898. The lowest BCUT2D eigenvalue weighted by Gasteiger charge is -2.44. The van der Waals surface area contributed by atoms with Crippen molar-refractivity contribution in [3.63, 3.8) is 0 Å². The third kappa shape index (κ3) is 3.00. The molecule has 2 unspecified atom stereocenters. The zero-order valence-electron chi connectivity index (χ0n) is 15.8. The fourth-order valence-electron chi connectivity index (χ4n) is 3.67. The van der Waals surface area contributed by atoms with Gasteiger partial charge in [0.05, 0.1) is 11.9 Å². The summed E-state index contributed by atoms with van der Waals surface area (Å²) in [5, 5.41) is 0. The second-order valence-electron chi connectivity index (χ2n) is 7.32. The van der Waals surface area contributed by atoms with Crippen molar-refractivity contribution in [2.45, 2.75) is 43.4 Å². The van der Waals surface area contributed by atoms with Crippen molar-refractivity contribution in [3.8, 4) is 0 Å². The van der Waals surface area contributed by atoms with Crippen LogP contribution in [0.2, 0.25) is 0 Å². The molecule has 1 fully saturated rings. The van der Waals surface area contributed by atoms with Crippen molar-refractivity contribution in [2.75, 3.05) is 10.7 Å². The van der Waals surface area contributed by atoms with Crippen LogP contribution in [0.15, 0.2) is 65.8 Å². The quantitative estimate of drug-likeness (QED) is 0.661. The Morgan fingerprint density at radius 3 is 2.63 bits per heavy atom. The molecule has 0 aromatic heterocycles. The van der Waals surface area contributed by atoms with E-state index in [1.165, 1.54) is 5.56 Å². The molecule has 4 nitrogen and oxygen atoms in total. The maximum absolute atomic E-state index is 12.9. The van der Waals surface area contributed by atoms with E-state index < -0.39 is 11.3 Å². The molecule has 2 aliphatic heterocycles. The standard InChI is InChI=1S/C22H23NO3S/c1-16-8-10-18(11-9-16)23-20(24)26-22(12-5-13-25-21(22,23)3)15-27-19-7-4-6-17(2)14-19/h4-11,13-14H,12,15H2,1-3H3. The fourth-order valence-corrected chi connectivity index (χ4v) is 4.96.